The monoisotopic (exact) mass is 262 g/mol. The number of aliphatic carboxylic acids is 1. The first kappa shape index (κ1) is 15.9. The van der Waals surface area contributed by atoms with Crippen molar-refractivity contribution in [2.24, 2.45) is 5.18 Å². The number of rotatable bonds is 8. The molecule has 1 amide bonds. The second kappa shape index (κ2) is 7.26. The molecular weight excluding hydrogens is 244 g/mol. The summed E-state index contributed by atoms with van der Waals surface area (Å²) in [6, 6.07) is -1.04. The van der Waals surface area contributed by atoms with Crippen molar-refractivity contribution in [2.45, 2.75) is 43.9 Å². The van der Waals surface area contributed by atoms with E-state index in [1.54, 1.807) is 13.8 Å². The number of carbonyl (C=O) groups excluding carboxylic acids is 1. The largest absolute Gasteiger partial charge is 0.480 e. The molecule has 0 saturated carbocycles. The van der Waals surface area contributed by atoms with Crippen LogP contribution < -0.4 is 5.32 Å². The van der Waals surface area contributed by atoms with Crippen LogP contribution in [0, 0.1) is 4.91 Å². The number of unbranched alkanes of at least 4 members (excludes halogenated alkanes) is 1. The van der Waals surface area contributed by atoms with Gasteiger partial charge in [-0.05, 0) is 26.7 Å². The van der Waals surface area contributed by atoms with E-state index < -0.39 is 16.8 Å². The number of carboxylic acid groups (broad SMARTS) is 1. The SMILES string of the molecule is CC(C)(S)[C@H](NC(=O)CCCCN=O)C(=O)O. The maximum absolute atomic E-state index is 11.5. The molecule has 2 N–H and O–H groups in total. The Labute approximate surface area is 106 Å². The summed E-state index contributed by atoms with van der Waals surface area (Å²) >= 11 is 4.14. The maximum Gasteiger partial charge on any atom is 0.327 e. The zero-order chi connectivity index (χ0) is 13.5. The van der Waals surface area contributed by atoms with Gasteiger partial charge in [-0.1, -0.05) is 5.18 Å². The first-order valence-corrected chi connectivity index (χ1v) is 5.77. The average Bonchev–Trinajstić information content (AvgIpc) is 2.19. The van der Waals surface area contributed by atoms with Gasteiger partial charge < -0.3 is 10.4 Å². The van der Waals surface area contributed by atoms with Crippen molar-refractivity contribution in [1.82, 2.24) is 5.32 Å². The van der Waals surface area contributed by atoms with E-state index in [1.807, 2.05) is 0 Å². The van der Waals surface area contributed by atoms with Gasteiger partial charge in [0.25, 0.3) is 0 Å². The molecule has 0 rings (SSSR count). The van der Waals surface area contributed by atoms with Crippen molar-refractivity contribution in [2.75, 3.05) is 6.54 Å². The molecule has 0 aliphatic heterocycles. The summed E-state index contributed by atoms with van der Waals surface area (Å²) in [4.78, 5) is 32.2. The minimum Gasteiger partial charge on any atom is -0.480 e. The van der Waals surface area contributed by atoms with Crippen molar-refractivity contribution in [3.8, 4) is 0 Å². The second-order valence-electron chi connectivity index (χ2n) is 4.30. The van der Waals surface area contributed by atoms with E-state index in [-0.39, 0.29) is 18.9 Å². The third-order valence-corrected chi connectivity index (χ3v) is 2.42. The molecule has 0 aliphatic carbocycles. The summed E-state index contributed by atoms with van der Waals surface area (Å²) in [6.45, 7) is 3.41. The van der Waals surface area contributed by atoms with Crippen LogP contribution >= 0.6 is 12.6 Å². The number of carboxylic acids is 1. The molecule has 6 nitrogen and oxygen atoms in total. The molecule has 98 valence electrons. The summed E-state index contributed by atoms with van der Waals surface area (Å²) in [6.07, 6.45) is 1.22. The van der Waals surface area contributed by atoms with E-state index in [4.69, 9.17) is 5.11 Å². The fourth-order valence-electron chi connectivity index (χ4n) is 1.24. The van der Waals surface area contributed by atoms with Gasteiger partial charge in [0.05, 0.1) is 6.54 Å². The van der Waals surface area contributed by atoms with Gasteiger partial charge in [-0.25, -0.2) is 4.79 Å². The molecule has 0 saturated heterocycles. The molecule has 1 atom stereocenters. The van der Waals surface area contributed by atoms with E-state index in [0.29, 0.717) is 12.8 Å². The summed E-state index contributed by atoms with van der Waals surface area (Å²) in [5, 5.41) is 14.0. The number of nitrogens with zero attached hydrogens (tertiary/aromatic N) is 1. The lowest BCUT2D eigenvalue weighted by molar-refractivity contribution is -0.142. The highest BCUT2D eigenvalue weighted by Crippen LogP contribution is 2.18. The zero-order valence-corrected chi connectivity index (χ0v) is 10.9. The molecule has 0 aromatic carbocycles. The number of nitroso groups, excluding NO2 is 1. The molecule has 0 fully saturated rings. The van der Waals surface area contributed by atoms with Crippen LogP contribution in [0.4, 0.5) is 0 Å². The molecule has 0 spiro atoms. The molecule has 0 radical (unpaired) electrons. The quantitative estimate of drug-likeness (QED) is 0.348. The minimum atomic E-state index is -1.12. The van der Waals surface area contributed by atoms with E-state index in [1.165, 1.54) is 0 Å². The summed E-state index contributed by atoms with van der Waals surface area (Å²) in [5.74, 6) is -1.47. The Morgan fingerprint density at radius 1 is 1.41 bits per heavy atom. The van der Waals surface area contributed by atoms with E-state index in [9.17, 15) is 14.5 Å². The lowest BCUT2D eigenvalue weighted by atomic mass is 10.0. The van der Waals surface area contributed by atoms with Crippen molar-refractivity contribution < 1.29 is 14.7 Å². The van der Waals surface area contributed by atoms with Crippen LogP contribution in [0.1, 0.15) is 33.1 Å². The van der Waals surface area contributed by atoms with Gasteiger partial charge >= 0.3 is 5.97 Å². The number of hydrogen-bond acceptors (Lipinski definition) is 5. The van der Waals surface area contributed by atoms with Crippen molar-refractivity contribution in [3.63, 3.8) is 0 Å². The van der Waals surface area contributed by atoms with Crippen LogP contribution in [0.15, 0.2) is 5.18 Å². The van der Waals surface area contributed by atoms with Gasteiger partial charge in [-0.3, -0.25) is 4.79 Å². The molecule has 0 bridgehead atoms. The Hall–Kier alpha value is -1.11. The Bertz CT molecular complexity index is 289. The molecule has 0 aromatic rings. The highest BCUT2D eigenvalue weighted by molar-refractivity contribution is 7.81. The van der Waals surface area contributed by atoms with Crippen LogP contribution in [-0.2, 0) is 9.59 Å². The predicted octanol–water partition coefficient (Wildman–Crippen LogP) is 1.20. The number of amides is 1. The van der Waals surface area contributed by atoms with Crippen molar-refractivity contribution >= 4 is 24.5 Å². The van der Waals surface area contributed by atoms with Crippen LogP contribution in [0.2, 0.25) is 0 Å². The number of carbonyl (C=O) groups is 2. The van der Waals surface area contributed by atoms with Gasteiger partial charge in [0.15, 0.2) is 0 Å². The summed E-state index contributed by atoms with van der Waals surface area (Å²) in [5.41, 5.74) is 0. The Balaban J connectivity index is 4.15. The lowest BCUT2D eigenvalue weighted by Crippen LogP contribution is -2.51. The fraction of sp³-hybridized carbons (Fsp3) is 0.800. The number of thiol groups is 1. The lowest BCUT2D eigenvalue weighted by Gasteiger charge is -2.26. The van der Waals surface area contributed by atoms with Gasteiger partial charge in [0.2, 0.25) is 5.91 Å². The highest BCUT2D eigenvalue weighted by atomic mass is 32.1. The van der Waals surface area contributed by atoms with Crippen molar-refractivity contribution in [3.05, 3.63) is 4.91 Å². The molecule has 0 heterocycles. The average molecular weight is 262 g/mol. The van der Waals surface area contributed by atoms with Crippen LogP contribution in [0.3, 0.4) is 0 Å². The normalized spacial score (nSPS) is 12.9. The Morgan fingerprint density at radius 3 is 2.41 bits per heavy atom. The third-order valence-electron chi connectivity index (χ3n) is 2.16. The van der Waals surface area contributed by atoms with Gasteiger partial charge in [0.1, 0.15) is 6.04 Å². The van der Waals surface area contributed by atoms with Gasteiger partial charge in [-0.15, -0.1) is 0 Å². The van der Waals surface area contributed by atoms with E-state index in [2.05, 4.69) is 23.1 Å². The fourth-order valence-corrected chi connectivity index (χ4v) is 1.41. The maximum atomic E-state index is 11.5. The first-order chi connectivity index (χ1) is 7.79. The van der Waals surface area contributed by atoms with Gasteiger partial charge in [0, 0.05) is 11.2 Å². The molecule has 17 heavy (non-hydrogen) atoms. The molecule has 0 unspecified atom stereocenters. The molecular formula is C10H18N2O4S. The Morgan fingerprint density at radius 2 is 2.00 bits per heavy atom. The minimum absolute atomic E-state index is 0.174. The van der Waals surface area contributed by atoms with E-state index in [0.717, 1.165) is 0 Å². The molecule has 7 heteroatoms. The molecule has 0 aliphatic rings. The Kier molecular flexibility index (Phi) is 6.79. The third kappa shape index (κ3) is 6.93. The zero-order valence-electron chi connectivity index (χ0n) is 9.97. The van der Waals surface area contributed by atoms with Crippen LogP contribution in [0.5, 0.6) is 0 Å². The number of hydrogen-bond donors (Lipinski definition) is 3. The highest BCUT2D eigenvalue weighted by Gasteiger charge is 2.33. The van der Waals surface area contributed by atoms with E-state index >= 15 is 0 Å². The summed E-state index contributed by atoms with van der Waals surface area (Å²) < 4.78 is -0.841. The number of nitrogens with one attached hydrogen (secondary N) is 1. The topological polar surface area (TPSA) is 95.8 Å². The van der Waals surface area contributed by atoms with Gasteiger partial charge in [-0.2, -0.15) is 17.5 Å². The first-order valence-electron chi connectivity index (χ1n) is 5.32. The predicted molar refractivity (Wildman–Crippen MR) is 67.1 cm³/mol. The van der Waals surface area contributed by atoms with Crippen molar-refractivity contribution in [1.29, 1.82) is 0 Å². The summed E-state index contributed by atoms with van der Waals surface area (Å²) in [7, 11) is 0. The second-order valence-corrected chi connectivity index (χ2v) is 5.45. The standard InChI is InChI=1S/C10H18N2O4S/c1-10(2,17)8(9(14)15)12-7(13)5-3-4-6-11-16/h8,17H,3-6H2,1-2H3,(H,12,13)(H,14,15)/t8-/m1/s1. The molecule has 0 aromatic heterocycles. The van der Waals surface area contributed by atoms with Crippen LogP contribution in [-0.4, -0.2) is 34.3 Å². The smallest absolute Gasteiger partial charge is 0.327 e. The van der Waals surface area contributed by atoms with Crippen LogP contribution in [0.25, 0.3) is 0 Å².